The van der Waals surface area contributed by atoms with Crippen LogP contribution in [0.15, 0.2) is 70.2 Å². The zero-order valence-electron chi connectivity index (χ0n) is 19.5. The first-order chi connectivity index (χ1) is 16.9. The number of methoxy groups -OCH3 is 1. The average Bonchev–Trinajstić information content (AvgIpc) is 3.54. The Morgan fingerprint density at radius 3 is 2.74 bits per heavy atom. The molecule has 2 amide bonds. The first-order valence-electron chi connectivity index (χ1n) is 11.0. The number of carbonyl (C=O) groups is 1. The lowest BCUT2D eigenvalue weighted by molar-refractivity contribution is 0.203. The number of thiophene rings is 1. The summed E-state index contributed by atoms with van der Waals surface area (Å²) in [5, 5.41) is 19.6. The lowest BCUT2D eigenvalue weighted by atomic mass is 9.94. The van der Waals surface area contributed by atoms with E-state index in [2.05, 4.69) is 21.5 Å². The molecule has 0 spiro atoms. The number of phenolic OH excluding ortho intramolecular Hbond substituents is 1. The van der Waals surface area contributed by atoms with Crippen molar-refractivity contribution in [3.8, 4) is 22.2 Å². The average molecular weight is 489 g/mol. The van der Waals surface area contributed by atoms with Gasteiger partial charge in [0.2, 0.25) is 5.82 Å². The van der Waals surface area contributed by atoms with Crippen molar-refractivity contribution in [1.82, 2.24) is 20.4 Å². The lowest BCUT2D eigenvalue weighted by Gasteiger charge is -2.35. The molecule has 9 heteroatoms. The highest BCUT2D eigenvalue weighted by Gasteiger charge is 2.36. The number of amides is 2. The lowest BCUT2D eigenvalue weighted by Crippen LogP contribution is -2.45. The van der Waals surface area contributed by atoms with Gasteiger partial charge in [0, 0.05) is 5.70 Å². The van der Waals surface area contributed by atoms with Crippen LogP contribution in [-0.4, -0.2) is 33.3 Å². The number of urea groups is 1. The standard InChI is InChI=1S/C26H24N4O4S/c1-15-6-4-7-17(12-15)14-30-16(2)22(25-28-24(29-34-25)21-8-5-11-35-21)23(27-26(30)32)18-9-10-20(33-3)19(31)13-18/h4-13,23,31H,14H2,1-3H3,(H,27,32). The Morgan fingerprint density at radius 2 is 2.03 bits per heavy atom. The molecule has 1 atom stereocenters. The summed E-state index contributed by atoms with van der Waals surface area (Å²) in [5.74, 6) is 1.11. The molecule has 1 aliphatic heterocycles. The van der Waals surface area contributed by atoms with E-state index in [0.717, 1.165) is 16.0 Å². The van der Waals surface area contributed by atoms with Crippen LogP contribution in [0.25, 0.3) is 16.3 Å². The van der Waals surface area contributed by atoms with E-state index in [0.29, 0.717) is 40.8 Å². The minimum absolute atomic E-state index is 0.0248. The van der Waals surface area contributed by atoms with Gasteiger partial charge in [-0.05, 0) is 48.6 Å². The molecule has 2 N–H and O–H groups in total. The maximum Gasteiger partial charge on any atom is 0.322 e. The summed E-state index contributed by atoms with van der Waals surface area (Å²) in [6, 6.07) is 16.0. The van der Waals surface area contributed by atoms with Gasteiger partial charge < -0.3 is 19.7 Å². The fraction of sp³-hybridized carbons (Fsp3) is 0.192. The highest BCUT2D eigenvalue weighted by atomic mass is 32.1. The predicted molar refractivity (Wildman–Crippen MR) is 133 cm³/mol. The summed E-state index contributed by atoms with van der Waals surface area (Å²) < 4.78 is 10.9. The fourth-order valence-electron chi connectivity index (χ4n) is 4.22. The van der Waals surface area contributed by atoms with Gasteiger partial charge in [0.15, 0.2) is 11.5 Å². The number of nitrogens with zero attached hydrogens (tertiary/aromatic N) is 3. The van der Waals surface area contributed by atoms with Crippen LogP contribution in [-0.2, 0) is 6.54 Å². The first-order valence-corrected chi connectivity index (χ1v) is 11.9. The van der Waals surface area contributed by atoms with Gasteiger partial charge in [-0.2, -0.15) is 4.98 Å². The molecule has 0 saturated carbocycles. The smallest absolute Gasteiger partial charge is 0.322 e. The second-order valence-electron chi connectivity index (χ2n) is 8.29. The molecule has 4 aromatic rings. The van der Waals surface area contributed by atoms with Gasteiger partial charge in [0.05, 0.1) is 30.1 Å². The molecule has 0 radical (unpaired) electrons. The number of allylic oxidation sites excluding steroid dienone is 1. The van der Waals surface area contributed by atoms with Gasteiger partial charge in [-0.3, -0.25) is 4.90 Å². The molecule has 0 bridgehead atoms. The van der Waals surface area contributed by atoms with E-state index < -0.39 is 6.04 Å². The number of nitrogens with one attached hydrogen (secondary N) is 1. The monoisotopic (exact) mass is 488 g/mol. The van der Waals surface area contributed by atoms with Crippen LogP contribution >= 0.6 is 11.3 Å². The number of hydrogen-bond donors (Lipinski definition) is 2. The molecule has 3 heterocycles. The van der Waals surface area contributed by atoms with Gasteiger partial charge >= 0.3 is 6.03 Å². The van der Waals surface area contributed by atoms with Crippen molar-refractivity contribution in [2.75, 3.05) is 7.11 Å². The quantitative estimate of drug-likeness (QED) is 0.371. The summed E-state index contributed by atoms with van der Waals surface area (Å²) in [7, 11) is 1.49. The molecule has 2 aromatic carbocycles. The molecule has 178 valence electrons. The molecular formula is C26H24N4O4S. The fourth-order valence-corrected chi connectivity index (χ4v) is 4.87. The van der Waals surface area contributed by atoms with Gasteiger partial charge in [-0.15, -0.1) is 11.3 Å². The zero-order chi connectivity index (χ0) is 24.5. The van der Waals surface area contributed by atoms with Crippen LogP contribution in [0.4, 0.5) is 4.79 Å². The molecule has 1 aliphatic rings. The maximum atomic E-state index is 13.3. The van der Waals surface area contributed by atoms with Crippen molar-refractivity contribution in [3.05, 3.63) is 88.3 Å². The number of rotatable bonds is 6. The molecule has 0 fully saturated rings. The van der Waals surface area contributed by atoms with Crippen molar-refractivity contribution < 1.29 is 19.2 Å². The summed E-state index contributed by atoms with van der Waals surface area (Å²) in [6.07, 6.45) is 0. The Morgan fingerprint density at radius 1 is 1.17 bits per heavy atom. The normalized spacial score (nSPS) is 15.9. The molecule has 2 aromatic heterocycles. The second kappa shape index (κ2) is 9.27. The third-order valence-corrected chi connectivity index (χ3v) is 6.82. The number of ether oxygens (including phenoxy) is 1. The van der Waals surface area contributed by atoms with Crippen molar-refractivity contribution in [2.24, 2.45) is 0 Å². The highest BCUT2D eigenvalue weighted by molar-refractivity contribution is 7.13. The second-order valence-corrected chi connectivity index (χ2v) is 9.24. The number of aryl methyl sites for hydroxylation is 1. The Labute approximate surface area is 206 Å². The summed E-state index contributed by atoms with van der Waals surface area (Å²) in [5.41, 5.74) is 4.14. The number of carbonyl (C=O) groups excluding carboxylic acids is 1. The van der Waals surface area contributed by atoms with Crippen LogP contribution in [0.3, 0.4) is 0 Å². The maximum absolute atomic E-state index is 13.3. The van der Waals surface area contributed by atoms with Gasteiger partial charge in [-0.25, -0.2) is 4.79 Å². The largest absolute Gasteiger partial charge is 0.504 e. The third kappa shape index (κ3) is 4.38. The number of aromatic hydroxyl groups is 1. The SMILES string of the molecule is COc1ccc(C2NC(=O)N(Cc3cccc(C)c3)C(C)=C2c2nc(-c3cccs3)no2)cc1O. The Balaban J connectivity index is 1.61. The predicted octanol–water partition coefficient (Wildman–Crippen LogP) is 5.52. The van der Waals surface area contributed by atoms with Crippen LogP contribution in [0.5, 0.6) is 11.5 Å². The molecule has 0 saturated heterocycles. The highest BCUT2D eigenvalue weighted by Crippen LogP contribution is 2.40. The van der Waals surface area contributed by atoms with E-state index >= 15 is 0 Å². The molecule has 8 nitrogen and oxygen atoms in total. The van der Waals surface area contributed by atoms with Crippen molar-refractivity contribution in [2.45, 2.75) is 26.4 Å². The first kappa shape index (κ1) is 22.7. The topological polar surface area (TPSA) is 101 Å². The minimum atomic E-state index is -0.607. The minimum Gasteiger partial charge on any atom is -0.504 e. The van der Waals surface area contributed by atoms with Crippen molar-refractivity contribution in [3.63, 3.8) is 0 Å². The zero-order valence-corrected chi connectivity index (χ0v) is 20.3. The van der Waals surface area contributed by atoms with E-state index in [1.54, 1.807) is 23.1 Å². The van der Waals surface area contributed by atoms with Crippen LogP contribution in [0, 0.1) is 6.92 Å². The Kier molecular flexibility index (Phi) is 6.00. The Bertz CT molecular complexity index is 1410. The van der Waals surface area contributed by atoms with E-state index in [4.69, 9.17) is 9.26 Å². The van der Waals surface area contributed by atoms with Crippen molar-refractivity contribution in [1.29, 1.82) is 0 Å². The number of phenols is 1. The molecule has 35 heavy (non-hydrogen) atoms. The third-order valence-electron chi connectivity index (χ3n) is 5.95. The van der Waals surface area contributed by atoms with E-state index in [9.17, 15) is 9.90 Å². The number of aromatic nitrogens is 2. The van der Waals surface area contributed by atoms with Gasteiger partial charge in [0.25, 0.3) is 5.89 Å². The van der Waals surface area contributed by atoms with Crippen molar-refractivity contribution >= 4 is 22.9 Å². The molecular weight excluding hydrogens is 464 g/mol. The summed E-state index contributed by atoms with van der Waals surface area (Å²) in [6.45, 7) is 4.27. The number of hydrogen-bond acceptors (Lipinski definition) is 7. The van der Waals surface area contributed by atoms with E-state index in [1.807, 2.05) is 49.6 Å². The van der Waals surface area contributed by atoms with Crippen LogP contribution < -0.4 is 10.1 Å². The van der Waals surface area contributed by atoms with Gasteiger partial charge in [-0.1, -0.05) is 47.1 Å². The van der Waals surface area contributed by atoms with E-state index in [-0.39, 0.29) is 11.8 Å². The number of benzene rings is 2. The summed E-state index contributed by atoms with van der Waals surface area (Å²) >= 11 is 1.52. The Hall–Kier alpha value is -4.11. The summed E-state index contributed by atoms with van der Waals surface area (Å²) in [4.78, 5) is 20.5. The van der Waals surface area contributed by atoms with Gasteiger partial charge in [0.1, 0.15) is 0 Å². The molecule has 0 aliphatic carbocycles. The molecule has 1 unspecified atom stereocenters. The van der Waals surface area contributed by atoms with Crippen LogP contribution in [0.1, 0.15) is 35.5 Å². The van der Waals surface area contributed by atoms with E-state index in [1.165, 1.54) is 18.4 Å². The molecule has 5 rings (SSSR count). The van der Waals surface area contributed by atoms with Crippen LogP contribution in [0.2, 0.25) is 0 Å².